The third-order valence-corrected chi connectivity index (χ3v) is 10.3. The van der Waals surface area contributed by atoms with Crippen molar-refractivity contribution in [3.8, 4) is 0 Å². The maximum absolute atomic E-state index is 13.5. The van der Waals surface area contributed by atoms with Gasteiger partial charge in [0.05, 0.1) is 10.6 Å². The molecule has 38 heavy (non-hydrogen) atoms. The molecule has 1 saturated carbocycles. The van der Waals surface area contributed by atoms with Crippen LogP contribution in [-0.2, 0) is 14.6 Å². The standard InChI is InChI=1S/C28H35Cl2N3O4S/c1-18(2)32(3)23-9-12-26(20(16-23)17-38(36,37)24-10-7-21(29)8-11-24)33-14-13-25(28(33)35)31-27(34)19-5-4-6-22(30)15-19/h4-8,10-11,15,18,20,23,25-26H,9,12-14,16-17H2,1-3H3,(H,31,34)/t20-,23?,25?,26?/m0/s1. The van der Waals surface area contributed by atoms with Gasteiger partial charge >= 0.3 is 0 Å². The molecule has 1 heterocycles. The number of sulfone groups is 1. The molecule has 7 nitrogen and oxygen atoms in total. The number of benzene rings is 2. The smallest absolute Gasteiger partial charge is 0.251 e. The normalized spacial score (nSPS) is 24.3. The molecule has 1 aliphatic heterocycles. The Kier molecular flexibility index (Phi) is 9.07. The van der Waals surface area contributed by atoms with E-state index in [1.807, 2.05) is 0 Å². The Labute approximate surface area is 235 Å². The quantitative estimate of drug-likeness (QED) is 0.491. The summed E-state index contributed by atoms with van der Waals surface area (Å²) in [5.41, 5.74) is 0.396. The van der Waals surface area contributed by atoms with E-state index in [1.54, 1.807) is 41.3 Å². The van der Waals surface area contributed by atoms with Crippen LogP contribution in [0, 0.1) is 5.92 Å². The highest BCUT2D eigenvalue weighted by Crippen LogP contribution is 2.36. The Morgan fingerprint density at radius 1 is 1.08 bits per heavy atom. The van der Waals surface area contributed by atoms with Gasteiger partial charge in [-0.2, -0.15) is 0 Å². The molecule has 1 N–H and O–H groups in total. The van der Waals surface area contributed by atoms with Crippen molar-refractivity contribution < 1.29 is 18.0 Å². The number of halogens is 2. The Morgan fingerprint density at radius 3 is 2.45 bits per heavy atom. The van der Waals surface area contributed by atoms with E-state index >= 15 is 0 Å². The summed E-state index contributed by atoms with van der Waals surface area (Å²) in [6.45, 7) is 4.73. The highest BCUT2D eigenvalue weighted by molar-refractivity contribution is 7.91. The first-order valence-corrected chi connectivity index (χ1v) is 15.4. The molecule has 2 aromatic carbocycles. The van der Waals surface area contributed by atoms with E-state index < -0.39 is 15.9 Å². The minimum absolute atomic E-state index is 0.0505. The lowest BCUT2D eigenvalue weighted by molar-refractivity contribution is -0.133. The van der Waals surface area contributed by atoms with Crippen LogP contribution in [0.1, 0.15) is 49.9 Å². The number of carbonyl (C=O) groups excluding carboxylic acids is 2. The highest BCUT2D eigenvalue weighted by Gasteiger charge is 2.44. The molecule has 1 aliphatic carbocycles. The average molecular weight is 581 g/mol. The van der Waals surface area contributed by atoms with Gasteiger partial charge in [-0.1, -0.05) is 29.3 Å². The number of amides is 2. The number of carbonyl (C=O) groups is 2. The third kappa shape index (κ3) is 6.53. The summed E-state index contributed by atoms with van der Waals surface area (Å²) >= 11 is 12.0. The predicted octanol–water partition coefficient (Wildman–Crippen LogP) is 4.68. The van der Waals surface area contributed by atoms with E-state index in [1.165, 1.54) is 12.1 Å². The van der Waals surface area contributed by atoms with E-state index in [9.17, 15) is 18.0 Å². The lowest BCUT2D eigenvalue weighted by atomic mass is 9.81. The molecule has 2 aliphatic rings. The predicted molar refractivity (Wildman–Crippen MR) is 150 cm³/mol. The second-order valence-corrected chi connectivity index (χ2v) is 13.6. The number of nitrogens with one attached hydrogen (secondary N) is 1. The van der Waals surface area contributed by atoms with Gasteiger partial charge in [0.15, 0.2) is 9.84 Å². The Balaban J connectivity index is 1.53. The van der Waals surface area contributed by atoms with Gasteiger partial charge in [-0.15, -0.1) is 0 Å². The number of hydrogen-bond donors (Lipinski definition) is 1. The molecular formula is C28H35Cl2N3O4S. The second kappa shape index (κ2) is 11.9. The van der Waals surface area contributed by atoms with E-state index in [4.69, 9.17) is 23.2 Å². The molecule has 0 bridgehead atoms. The molecule has 0 aromatic heterocycles. The SMILES string of the molecule is CC(C)N(C)C1CCC(N2CCC(NC(=O)c3cccc(Cl)c3)C2=O)[C@H](CS(=O)(=O)c2ccc(Cl)cc2)C1. The fourth-order valence-electron chi connectivity index (χ4n) is 5.66. The molecule has 10 heteroatoms. The number of hydrogen-bond acceptors (Lipinski definition) is 5. The minimum atomic E-state index is -3.60. The van der Waals surface area contributed by atoms with Gasteiger partial charge in [0.1, 0.15) is 6.04 Å². The number of nitrogens with zero attached hydrogens (tertiary/aromatic N) is 2. The van der Waals surface area contributed by atoms with Crippen LogP contribution >= 0.6 is 23.2 Å². The van der Waals surface area contributed by atoms with E-state index in [0.717, 1.165) is 6.42 Å². The maximum Gasteiger partial charge on any atom is 0.251 e. The largest absolute Gasteiger partial charge is 0.340 e. The van der Waals surface area contributed by atoms with Gasteiger partial charge in [-0.05, 0) is 95.0 Å². The molecular weight excluding hydrogens is 545 g/mol. The monoisotopic (exact) mass is 579 g/mol. The zero-order valence-electron chi connectivity index (χ0n) is 21.9. The Hall–Kier alpha value is -2.13. The first kappa shape index (κ1) is 28.9. The summed E-state index contributed by atoms with van der Waals surface area (Å²) in [6, 6.07) is 12.5. The first-order chi connectivity index (χ1) is 18.0. The Morgan fingerprint density at radius 2 is 1.79 bits per heavy atom. The van der Waals surface area contributed by atoms with Crippen LogP contribution in [0.4, 0.5) is 0 Å². The number of likely N-dealkylation sites (tertiary alicyclic amines) is 1. The van der Waals surface area contributed by atoms with Gasteiger partial charge in [0, 0.05) is 40.3 Å². The van der Waals surface area contributed by atoms with Crippen molar-refractivity contribution in [2.45, 2.75) is 68.6 Å². The van der Waals surface area contributed by atoms with Crippen LogP contribution in [0.3, 0.4) is 0 Å². The van der Waals surface area contributed by atoms with E-state index in [2.05, 4.69) is 31.1 Å². The molecule has 4 atom stereocenters. The molecule has 2 fully saturated rings. The summed E-state index contributed by atoms with van der Waals surface area (Å²) in [5, 5.41) is 3.78. The molecule has 0 spiro atoms. The van der Waals surface area contributed by atoms with Crippen LogP contribution < -0.4 is 5.32 Å². The lowest BCUT2D eigenvalue weighted by Crippen LogP contribution is -2.53. The molecule has 206 valence electrons. The van der Waals surface area contributed by atoms with Crippen LogP contribution in [-0.4, -0.2) is 73.5 Å². The zero-order valence-corrected chi connectivity index (χ0v) is 24.3. The van der Waals surface area contributed by atoms with E-state index in [-0.39, 0.29) is 40.5 Å². The summed E-state index contributed by atoms with van der Waals surface area (Å²) in [4.78, 5) is 30.6. The number of rotatable bonds is 8. The van der Waals surface area contributed by atoms with Gasteiger partial charge in [-0.3, -0.25) is 9.59 Å². The first-order valence-electron chi connectivity index (χ1n) is 13.0. The molecule has 1 saturated heterocycles. The average Bonchev–Trinajstić information content (AvgIpc) is 3.23. The molecule has 4 rings (SSSR count). The molecule has 0 radical (unpaired) electrons. The van der Waals surface area contributed by atoms with Crippen LogP contribution in [0.2, 0.25) is 10.0 Å². The van der Waals surface area contributed by atoms with E-state index in [0.29, 0.717) is 47.5 Å². The van der Waals surface area contributed by atoms with Crippen molar-refractivity contribution in [2.75, 3.05) is 19.3 Å². The maximum atomic E-state index is 13.5. The second-order valence-electron chi connectivity index (χ2n) is 10.6. The topological polar surface area (TPSA) is 86.8 Å². The third-order valence-electron chi connectivity index (χ3n) is 7.94. The van der Waals surface area contributed by atoms with Gasteiger partial charge in [0.2, 0.25) is 5.91 Å². The van der Waals surface area contributed by atoms with Crippen molar-refractivity contribution in [3.05, 3.63) is 64.1 Å². The van der Waals surface area contributed by atoms with Crippen molar-refractivity contribution in [1.82, 2.24) is 15.1 Å². The zero-order chi connectivity index (χ0) is 27.6. The van der Waals surface area contributed by atoms with Crippen LogP contribution in [0.15, 0.2) is 53.4 Å². The van der Waals surface area contributed by atoms with Gasteiger partial charge in [0.25, 0.3) is 5.91 Å². The van der Waals surface area contributed by atoms with Crippen molar-refractivity contribution >= 4 is 44.9 Å². The fourth-order valence-corrected chi connectivity index (χ4v) is 7.64. The minimum Gasteiger partial charge on any atom is -0.340 e. The summed E-state index contributed by atoms with van der Waals surface area (Å²) in [6.07, 6.45) is 2.74. The Bertz CT molecular complexity index is 1270. The van der Waals surface area contributed by atoms with Crippen LogP contribution in [0.25, 0.3) is 0 Å². The fraction of sp³-hybridized carbons (Fsp3) is 0.500. The van der Waals surface area contributed by atoms with Crippen molar-refractivity contribution in [1.29, 1.82) is 0 Å². The lowest BCUT2D eigenvalue weighted by Gasteiger charge is -2.44. The highest BCUT2D eigenvalue weighted by atomic mass is 35.5. The van der Waals surface area contributed by atoms with Gasteiger partial charge < -0.3 is 15.1 Å². The molecule has 2 amide bonds. The molecule has 2 aromatic rings. The summed E-state index contributed by atoms with van der Waals surface area (Å²) < 4.78 is 26.9. The summed E-state index contributed by atoms with van der Waals surface area (Å²) in [7, 11) is -1.52. The van der Waals surface area contributed by atoms with Crippen molar-refractivity contribution in [3.63, 3.8) is 0 Å². The summed E-state index contributed by atoms with van der Waals surface area (Å²) in [5.74, 6) is -0.792. The van der Waals surface area contributed by atoms with Crippen molar-refractivity contribution in [2.24, 2.45) is 5.92 Å². The molecule has 3 unspecified atom stereocenters. The van der Waals surface area contributed by atoms with Crippen LogP contribution in [0.5, 0.6) is 0 Å². The van der Waals surface area contributed by atoms with Gasteiger partial charge in [-0.25, -0.2) is 8.42 Å².